The Labute approximate surface area is 201 Å². The maximum Gasteiger partial charge on any atom is 0.186 e. The summed E-state index contributed by atoms with van der Waals surface area (Å²) in [6.07, 6.45) is -1.82. The van der Waals surface area contributed by atoms with Crippen LogP contribution in [0.3, 0.4) is 0 Å². The second kappa shape index (κ2) is 8.33. The third-order valence-electron chi connectivity index (χ3n) is 10.2. The van der Waals surface area contributed by atoms with E-state index in [1.54, 1.807) is 0 Å². The molecule has 192 valence electrons. The molecule has 5 rings (SSSR count). The first-order valence-electron chi connectivity index (χ1n) is 12.8. The highest BCUT2D eigenvalue weighted by atomic mass is 16.7. The van der Waals surface area contributed by atoms with Gasteiger partial charge in [-0.05, 0) is 54.9 Å². The predicted molar refractivity (Wildman–Crippen MR) is 121 cm³/mol. The Morgan fingerprint density at radius 1 is 1.09 bits per heavy atom. The molecule has 8 heteroatoms. The summed E-state index contributed by atoms with van der Waals surface area (Å²) in [5.74, 6) is 0.243. The Kier molecular flexibility index (Phi) is 6.08. The molecular formula is C26H40O8. The van der Waals surface area contributed by atoms with Crippen molar-refractivity contribution < 1.29 is 39.8 Å². The van der Waals surface area contributed by atoms with Crippen molar-refractivity contribution >= 4 is 5.78 Å². The molecule has 0 amide bonds. The number of ether oxygens (including phenoxy) is 2. The first-order chi connectivity index (χ1) is 16.0. The van der Waals surface area contributed by atoms with Crippen LogP contribution in [0.25, 0.3) is 0 Å². The molecule has 5 fully saturated rings. The van der Waals surface area contributed by atoms with Gasteiger partial charge in [0.25, 0.3) is 0 Å². The molecule has 0 aromatic rings. The van der Waals surface area contributed by atoms with Crippen LogP contribution in [-0.4, -0.2) is 81.3 Å². The van der Waals surface area contributed by atoms with Crippen molar-refractivity contribution in [3.63, 3.8) is 0 Å². The van der Waals surface area contributed by atoms with Crippen molar-refractivity contribution in [3.05, 3.63) is 12.2 Å². The van der Waals surface area contributed by atoms with E-state index in [2.05, 4.69) is 20.4 Å². The number of Topliss-reactive ketones (excluding diaryl/α,β-unsaturated/α-hetero) is 1. The molecule has 5 aliphatic rings. The Morgan fingerprint density at radius 2 is 1.82 bits per heavy atom. The van der Waals surface area contributed by atoms with E-state index in [-0.39, 0.29) is 35.6 Å². The van der Waals surface area contributed by atoms with E-state index in [4.69, 9.17) is 9.47 Å². The van der Waals surface area contributed by atoms with Gasteiger partial charge in [0.05, 0.1) is 19.3 Å². The minimum Gasteiger partial charge on any atom is -0.394 e. The van der Waals surface area contributed by atoms with Crippen LogP contribution in [0.5, 0.6) is 0 Å². The Bertz CT molecular complexity index is 841. The summed E-state index contributed by atoms with van der Waals surface area (Å²) in [5.41, 5.74) is -0.437. The summed E-state index contributed by atoms with van der Waals surface area (Å²) in [7, 11) is 0. The smallest absolute Gasteiger partial charge is 0.186 e. The van der Waals surface area contributed by atoms with E-state index in [0.29, 0.717) is 6.42 Å². The number of aliphatic hydroxyl groups is 5. The van der Waals surface area contributed by atoms with Crippen LogP contribution >= 0.6 is 0 Å². The molecule has 1 aliphatic heterocycles. The summed E-state index contributed by atoms with van der Waals surface area (Å²) >= 11 is 0. The minimum absolute atomic E-state index is 0.0673. The van der Waals surface area contributed by atoms with Gasteiger partial charge in [-0.1, -0.05) is 26.8 Å². The molecule has 1 saturated heterocycles. The van der Waals surface area contributed by atoms with E-state index in [0.717, 1.165) is 44.1 Å². The molecule has 0 aromatic heterocycles. The highest BCUT2D eigenvalue weighted by Gasteiger charge is 2.70. The fraction of sp³-hybridized carbons (Fsp3) is 0.885. The van der Waals surface area contributed by atoms with Crippen molar-refractivity contribution in [2.24, 2.45) is 34.0 Å². The van der Waals surface area contributed by atoms with Crippen molar-refractivity contribution in [2.75, 3.05) is 13.2 Å². The molecule has 4 saturated carbocycles. The number of carbonyl (C=O) groups excluding carboxylic acids is 1. The Balaban J connectivity index is 1.50. The monoisotopic (exact) mass is 480 g/mol. The minimum atomic E-state index is -1.51. The SMILES string of the molecule is C=C1[C@@H]2CCC3[C@@](CC(=O)[C@@H]4C(C)(C)CCC[C@@]34CO[C@@H]3O[C@H](CO)[C@@H](O)[C@H](O)[C@H]3O)(C2)[C@@H]1O. The van der Waals surface area contributed by atoms with Crippen LogP contribution < -0.4 is 0 Å². The van der Waals surface area contributed by atoms with E-state index >= 15 is 0 Å². The second-order valence-corrected chi connectivity index (χ2v) is 12.4. The lowest BCUT2D eigenvalue weighted by atomic mass is 9.40. The third kappa shape index (κ3) is 3.33. The number of ketones is 1. The number of carbonyl (C=O) groups is 1. The average Bonchev–Trinajstić information content (AvgIpc) is 2.96. The predicted octanol–water partition coefficient (Wildman–Crippen LogP) is 0.922. The Hall–Kier alpha value is -0.870. The van der Waals surface area contributed by atoms with Gasteiger partial charge in [-0.15, -0.1) is 0 Å². The topological polar surface area (TPSA) is 137 Å². The average molecular weight is 481 g/mol. The summed E-state index contributed by atoms with van der Waals surface area (Å²) in [5, 5.41) is 51.8. The number of fused-ring (bicyclic) bond motifs is 3. The zero-order valence-electron chi connectivity index (χ0n) is 20.2. The third-order valence-corrected chi connectivity index (χ3v) is 10.2. The van der Waals surface area contributed by atoms with Gasteiger partial charge in [0.1, 0.15) is 30.2 Å². The molecular weight excluding hydrogens is 440 g/mol. The quantitative estimate of drug-likeness (QED) is 0.375. The fourth-order valence-electron chi connectivity index (χ4n) is 8.92. The number of aliphatic hydroxyl groups excluding tert-OH is 5. The van der Waals surface area contributed by atoms with Crippen molar-refractivity contribution in [1.29, 1.82) is 0 Å². The van der Waals surface area contributed by atoms with Gasteiger partial charge >= 0.3 is 0 Å². The lowest BCUT2D eigenvalue weighted by Gasteiger charge is -2.64. The van der Waals surface area contributed by atoms with Crippen LogP contribution in [0.1, 0.15) is 58.8 Å². The largest absolute Gasteiger partial charge is 0.394 e. The normalized spacial score (nSPS) is 52.3. The molecule has 2 bridgehead atoms. The van der Waals surface area contributed by atoms with Crippen LogP contribution in [-0.2, 0) is 14.3 Å². The van der Waals surface area contributed by atoms with E-state index in [9.17, 15) is 30.3 Å². The standard InChI is InChI=1S/C26H40O8/c1-13-14-5-6-17-25(12-33-23-20(31)19(30)18(29)16(11-27)34-23)8-4-7-24(2,3)21(25)15(28)10-26(17,9-14)22(13)32/h14,16-23,27,29-32H,1,4-12H2,2-3H3/t14-,16-,17?,18-,19+,20-,21-,22-,23-,25-,26+/m1/s1. The van der Waals surface area contributed by atoms with Gasteiger partial charge in [-0.25, -0.2) is 0 Å². The number of hydrogen-bond acceptors (Lipinski definition) is 8. The van der Waals surface area contributed by atoms with Crippen LogP contribution in [0.15, 0.2) is 12.2 Å². The van der Waals surface area contributed by atoms with Gasteiger partial charge in [-0.2, -0.15) is 0 Å². The first-order valence-corrected chi connectivity index (χ1v) is 12.8. The molecule has 8 nitrogen and oxygen atoms in total. The summed E-state index contributed by atoms with van der Waals surface area (Å²) < 4.78 is 11.8. The molecule has 0 aromatic carbocycles. The molecule has 5 N–H and O–H groups in total. The van der Waals surface area contributed by atoms with Gasteiger partial charge in [0, 0.05) is 23.2 Å². The maximum absolute atomic E-state index is 13.9. The van der Waals surface area contributed by atoms with Crippen LogP contribution in [0.4, 0.5) is 0 Å². The highest BCUT2D eigenvalue weighted by molar-refractivity contribution is 5.85. The van der Waals surface area contributed by atoms with E-state index in [1.165, 1.54) is 0 Å². The lowest BCUT2D eigenvalue weighted by molar-refractivity contribution is -0.314. The second-order valence-electron chi connectivity index (χ2n) is 12.4. The molecule has 4 aliphatic carbocycles. The summed E-state index contributed by atoms with van der Waals surface area (Å²) in [6, 6.07) is 0. The van der Waals surface area contributed by atoms with Gasteiger partial charge < -0.3 is 35.0 Å². The fourth-order valence-corrected chi connectivity index (χ4v) is 8.92. The summed E-state index contributed by atoms with van der Waals surface area (Å²) in [6.45, 7) is 8.10. The first kappa shape index (κ1) is 24.8. The molecule has 34 heavy (non-hydrogen) atoms. The molecule has 11 atom stereocenters. The van der Waals surface area contributed by atoms with Gasteiger partial charge in [0.15, 0.2) is 6.29 Å². The zero-order chi connectivity index (χ0) is 24.6. The van der Waals surface area contributed by atoms with Crippen LogP contribution in [0, 0.1) is 34.0 Å². The van der Waals surface area contributed by atoms with Crippen molar-refractivity contribution in [2.45, 2.75) is 95.6 Å². The molecule has 1 unspecified atom stereocenters. The Morgan fingerprint density at radius 3 is 2.53 bits per heavy atom. The molecule has 0 radical (unpaired) electrons. The van der Waals surface area contributed by atoms with E-state index < -0.39 is 54.2 Å². The van der Waals surface area contributed by atoms with Crippen LogP contribution in [0.2, 0.25) is 0 Å². The molecule has 1 spiro atoms. The molecule has 1 heterocycles. The van der Waals surface area contributed by atoms with Crippen molar-refractivity contribution in [3.8, 4) is 0 Å². The van der Waals surface area contributed by atoms with Crippen molar-refractivity contribution in [1.82, 2.24) is 0 Å². The maximum atomic E-state index is 13.9. The summed E-state index contributed by atoms with van der Waals surface area (Å²) in [4.78, 5) is 13.9. The number of hydrogen-bond donors (Lipinski definition) is 5. The highest BCUT2D eigenvalue weighted by Crippen LogP contribution is 2.71. The van der Waals surface area contributed by atoms with Gasteiger partial charge in [-0.3, -0.25) is 4.79 Å². The van der Waals surface area contributed by atoms with E-state index in [1.807, 2.05) is 0 Å². The lowest BCUT2D eigenvalue weighted by Crippen LogP contribution is -2.65. The number of rotatable bonds is 4. The van der Waals surface area contributed by atoms with Gasteiger partial charge in [0.2, 0.25) is 0 Å². The zero-order valence-corrected chi connectivity index (χ0v) is 20.2.